The van der Waals surface area contributed by atoms with Crippen LogP contribution < -0.4 is 15.5 Å². The van der Waals surface area contributed by atoms with E-state index in [4.69, 9.17) is 4.74 Å². The zero-order valence-corrected chi connectivity index (χ0v) is 31.4. The van der Waals surface area contributed by atoms with Crippen LogP contribution in [-0.2, 0) is 16.1 Å². The molecule has 2 unspecified atom stereocenters. The predicted molar refractivity (Wildman–Crippen MR) is 204 cm³/mol. The van der Waals surface area contributed by atoms with Gasteiger partial charge in [-0.25, -0.2) is 4.99 Å². The van der Waals surface area contributed by atoms with Gasteiger partial charge >= 0.3 is 0 Å². The van der Waals surface area contributed by atoms with E-state index in [0.717, 1.165) is 107 Å². The molecule has 0 spiro atoms. The van der Waals surface area contributed by atoms with Gasteiger partial charge in [-0.2, -0.15) is 0 Å². The van der Waals surface area contributed by atoms with Crippen LogP contribution in [0.25, 0.3) is 11.1 Å². The van der Waals surface area contributed by atoms with Gasteiger partial charge in [0.25, 0.3) is 5.91 Å². The summed E-state index contributed by atoms with van der Waals surface area (Å²) in [7, 11) is 0. The number of benzene rings is 2. The fourth-order valence-electron chi connectivity index (χ4n) is 7.48. The molecule has 2 amide bonds. The summed E-state index contributed by atoms with van der Waals surface area (Å²) in [6.45, 7) is 22.6. The average molecular weight is 674 g/mol. The summed E-state index contributed by atoms with van der Waals surface area (Å²) in [6, 6.07) is 13.5. The second-order valence-corrected chi connectivity index (χ2v) is 14.6. The Morgan fingerprint density at radius 1 is 1.02 bits per heavy atom. The van der Waals surface area contributed by atoms with Gasteiger partial charge in [-0.3, -0.25) is 14.5 Å². The zero-order chi connectivity index (χ0) is 35.3. The molecule has 2 heterocycles. The first-order valence-corrected chi connectivity index (χ1v) is 19.0. The highest BCUT2D eigenvalue weighted by Crippen LogP contribution is 2.34. The molecule has 49 heavy (non-hydrogen) atoms. The quantitative estimate of drug-likeness (QED) is 0.185. The number of piperidine rings is 1. The zero-order valence-electron chi connectivity index (χ0n) is 31.4. The molecule has 0 saturated carbocycles. The molecule has 2 aliphatic rings. The fraction of sp³-hybridized carbons (Fsp3) is 0.634. The van der Waals surface area contributed by atoms with Crippen molar-refractivity contribution >= 4 is 23.7 Å². The Hall–Kier alpha value is -3.07. The van der Waals surface area contributed by atoms with Crippen LogP contribution in [0.3, 0.4) is 0 Å². The van der Waals surface area contributed by atoms with Crippen molar-refractivity contribution in [3.8, 4) is 11.1 Å². The molecule has 2 aromatic rings. The van der Waals surface area contributed by atoms with Crippen molar-refractivity contribution in [2.24, 2.45) is 28.7 Å². The first-order chi connectivity index (χ1) is 23.6. The number of hydrogen-bond donors (Lipinski definition) is 2. The van der Waals surface area contributed by atoms with Crippen molar-refractivity contribution in [2.75, 3.05) is 57.4 Å². The molecule has 270 valence electrons. The number of hydrogen-bond acceptors (Lipinski definition) is 6. The highest BCUT2D eigenvalue weighted by molar-refractivity contribution is 5.99. The lowest BCUT2D eigenvalue weighted by Gasteiger charge is -2.37. The average Bonchev–Trinajstić information content (AvgIpc) is 3.10. The molecular formula is C41H63N5O3. The molecule has 8 nitrogen and oxygen atoms in total. The lowest BCUT2D eigenvalue weighted by molar-refractivity contribution is -0.122. The Kier molecular flexibility index (Phi) is 15.3. The first kappa shape index (κ1) is 38.7. The van der Waals surface area contributed by atoms with E-state index in [2.05, 4.69) is 104 Å². The molecule has 0 aromatic heterocycles. The van der Waals surface area contributed by atoms with E-state index in [9.17, 15) is 9.59 Å². The second kappa shape index (κ2) is 19.4. The molecule has 2 atom stereocenters. The molecular weight excluding hydrogens is 610 g/mol. The summed E-state index contributed by atoms with van der Waals surface area (Å²) in [4.78, 5) is 37.0. The number of nitrogens with one attached hydrogen (secondary N) is 2. The molecule has 0 radical (unpaired) electrons. The molecule has 2 fully saturated rings. The fourth-order valence-corrected chi connectivity index (χ4v) is 7.48. The summed E-state index contributed by atoms with van der Waals surface area (Å²) in [6.07, 6.45) is 6.78. The molecule has 8 heteroatoms. The number of morpholine rings is 1. The van der Waals surface area contributed by atoms with Crippen LogP contribution in [0.5, 0.6) is 0 Å². The van der Waals surface area contributed by atoms with E-state index >= 15 is 0 Å². The molecule has 2 saturated heterocycles. The Balaban J connectivity index is 1.64. The SMILES string of the molecule is CCC(/C=N\C(=O)C(CNC(=O)c1cc(-c2ccc(CN3CCOCC3)cc2)cc(N(CC)C2CCNCC2)c1C)C(C)CC(C)C)CC. The highest BCUT2D eigenvalue weighted by atomic mass is 16.5. The van der Waals surface area contributed by atoms with Gasteiger partial charge in [0.2, 0.25) is 5.91 Å². The third-order valence-electron chi connectivity index (χ3n) is 10.6. The largest absolute Gasteiger partial charge is 0.379 e. The van der Waals surface area contributed by atoms with E-state index in [1.165, 1.54) is 5.56 Å². The van der Waals surface area contributed by atoms with Crippen molar-refractivity contribution < 1.29 is 14.3 Å². The standard InChI is InChI=1S/C41H63N5O3/c1-8-32(9-2)26-43-41(48)38(30(6)23-29(4)5)27-44-40(47)37-24-35(25-39(31(37)7)46(10-3)36-15-17-42-18-16-36)34-13-11-33(12-14-34)28-45-19-21-49-22-20-45/h11-14,24-26,29-30,32,36,38,42H,8-10,15-23,27-28H2,1-7H3,(H,44,47)/b43-26-. The van der Waals surface area contributed by atoms with Gasteiger partial charge in [0.15, 0.2) is 0 Å². The summed E-state index contributed by atoms with van der Waals surface area (Å²) >= 11 is 0. The number of rotatable bonds is 16. The molecule has 0 aliphatic carbocycles. The van der Waals surface area contributed by atoms with Crippen molar-refractivity contribution in [3.05, 3.63) is 53.1 Å². The summed E-state index contributed by atoms with van der Waals surface area (Å²) in [5, 5.41) is 6.71. The van der Waals surface area contributed by atoms with Gasteiger partial charge in [0.1, 0.15) is 0 Å². The Morgan fingerprint density at radius 3 is 2.31 bits per heavy atom. The molecule has 2 aromatic carbocycles. The monoisotopic (exact) mass is 673 g/mol. The lowest BCUT2D eigenvalue weighted by atomic mass is 9.86. The van der Waals surface area contributed by atoms with Gasteiger partial charge in [-0.1, -0.05) is 58.9 Å². The second-order valence-electron chi connectivity index (χ2n) is 14.6. The van der Waals surface area contributed by atoms with Crippen LogP contribution in [0.2, 0.25) is 0 Å². The van der Waals surface area contributed by atoms with Crippen LogP contribution >= 0.6 is 0 Å². The molecule has 4 rings (SSSR count). The molecule has 2 aliphatic heterocycles. The minimum Gasteiger partial charge on any atom is -0.379 e. The van der Waals surface area contributed by atoms with E-state index in [0.29, 0.717) is 23.4 Å². The van der Waals surface area contributed by atoms with Gasteiger partial charge in [0.05, 0.1) is 19.1 Å². The van der Waals surface area contributed by atoms with E-state index in [1.54, 1.807) is 0 Å². The number of nitrogens with zero attached hydrogens (tertiary/aromatic N) is 3. The Morgan fingerprint density at radius 2 is 1.69 bits per heavy atom. The van der Waals surface area contributed by atoms with Crippen molar-refractivity contribution in [2.45, 2.75) is 93.2 Å². The van der Waals surface area contributed by atoms with E-state index < -0.39 is 0 Å². The van der Waals surface area contributed by atoms with Crippen LogP contribution in [0.1, 0.15) is 95.1 Å². The number of aliphatic imine (C=N–C) groups is 1. The maximum Gasteiger partial charge on any atom is 0.251 e. The third kappa shape index (κ3) is 11.0. The minimum absolute atomic E-state index is 0.0983. The van der Waals surface area contributed by atoms with Crippen LogP contribution in [0.4, 0.5) is 5.69 Å². The summed E-state index contributed by atoms with van der Waals surface area (Å²) in [5.41, 5.74) is 6.17. The highest BCUT2D eigenvalue weighted by Gasteiger charge is 2.28. The predicted octanol–water partition coefficient (Wildman–Crippen LogP) is 7.13. The van der Waals surface area contributed by atoms with Crippen LogP contribution in [0.15, 0.2) is 41.4 Å². The maximum absolute atomic E-state index is 14.2. The van der Waals surface area contributed by atoms with Gasteiger partial charge in [-0.15, -0.1) is 0 Å². The number of anilines is 1. The van der Waals surface area contributed by atoms with Crippen LogP contribution in [0, 0.1) is 30.6 Å². The molecule has 0 bridgehead atoms. The number of amides is 2. The lowest BCUT2D eigenvalue weighted by Crippen LogP contribution is -2.43. The van der Waals surface area contributed by atoms with Crippen molar-refractivity contribution in [1.29, 1.82) is 0 Å². The van der Waals surface area contributed by atoms with E-state index in [1.807, 2.05) is 12.3 Å². The maximum atomic E-state index is 14.2. The van der Waals surface area contributed by atoms with Gasteiger partial charge in [-0.05, 0) is 111 Å². The summed E-state index contributed by atoms with van der Waals surface area (Å²) < 4.78 is 5.53. The smallest absolute Gasteiger partial charge is 0.251 e. The number of carbonyl (C=O) groups is 2. The summed E-state index contributed by atoms with van der Waals surface area (Å²) in [5.74, 6) is 0.192. The Labute approximate surface area is 296 Å². The van der Waals surface area contributed by atoms with Gasteiger partial charge < -0.3 is 20.3 Å². The first-order valence-electron chi connectivity index (χ1n) is 19.0. The molecule has 2 N–H and O–H groups in total. The topological polar surface area (TPSA) is 86.3 Å². The Bertz CT molecular complexity index is 1360. The normalized spacial score (nSPS) is 17.5. The van der Waals surface area contributed by atoms with Crippen molar-refractivity contribution in [1.82, 2.24) is 15.5 Å². The minimum atomic E-state index is -0.374. The van der Waals surface area contributed by atoms with E-state index in [-0.39, 0.29) is 30.2 Å². The number of carbonyl (C=O) groups excluding carboxylic acids is 2. The third-order valence-corrected chi connectivity index (χ3v) is 10.6. The van der Waals surface area contributed by atoms with Crippen molar-refractivity contribution in [3.63, 3.8) is 0 Å². The van der Waals surface area contributed by atoms with Crippen LogP contribution in [-0.4, -0.2) is 81.5 Å². The van der Waals surface area contributed by atoms with Gasteiger partial charge in [0, 0.05) is 56.2 Å². The number of ether oxygens (including phenoxy) is 1.